The third-order valence-corrected chi connectivity index (χ3v) is 13.0. The Morgan fingerprint density at radius 2 is 1.63 bits per heavy atom. The van der Waals surface area contributed by atoms with Crippen LogP contribution in [0, 0.1) is 52.3 Å². The van der Waals surface area contributed by atoms with E-state index in [4.69, 9.17) is 9.47 Å². The summed E-state index contributed by atoms with van der Waals surface area (Å²) in [5.41, 5.74) is 1.58. The van der Waals surface area contributed by atoms with Gasteiger partial charge in [-0.25, -0.2) is 9.59 Å². The van der Waals surface area contributed by atoms with E-state index in [0.717, 1.165) is 54.3 Å². The molecular formula is C36H52O5. The quantitative estimate of drug-likeness (QED) is 0.170. The van der Waals surface area contributed by atoms with Crippen LogP contribution in [0.1, 0.15) is 132 Å². The lowest BCUT2D eigenvalue weighted by Crippen LogP contribution is -2.54. The number of carbonyl (C=O) groups is 2. The molecular weight excluding hydrogens is 512 g/mol. The number of hydrogen-bond donors (Lipinski definition) is 0. The monoisotopic (exact) mass is 564 g/mol. The van der Waals surface area contributed by atoms with E-state index in [1.807, 2.05) is 0 Å². The van der Waals surface area contributed by atoms with Gasteiger partial charge in [0.15, 0.2) is 6.79 Å². The van der Waals surface area contributed by atoms with Crippen molar-refractivity contribution in [1.82, 2.24) is 0 Å². The highest BCUT2D eigenvalue weighted by molar-refractivity contribution is 6.14. The van der Waals surface area contributed by atoms with Gasteiger partial charge in [-0.15, -0.1) is 0 Å². The molecule has 0 aromatic heterocycles. The van der Waals surface area contributed by atoms with Crippen LogP contribution in [0.2, 0.25) is 0 Å². The third-order valence-electron chi connectivity index (χ3n) is 13.0. The first kappa shape index (κ1) is 29.2. The molecule has 4 aliphatic carbocycles. The molecule has 5 nitrogen and oxygen atoms in total. The molecule has 4 fully saturated rings. The molecule has 9 atom stereocenters. The van der Waals surface area contributed by atoms with Gasteiger partial charge >= 0.3 is 11.9 Å². The maximum absolute atomic E-state index is 11.9. The van der Waals surface area contributed by atoms with E-state index in [9.17, 15) is 9.59 Å². The minimum atomic E-state index is -0.606. The minimum absolute atomic E-state index is 0.166. The van der Waals surface area contributed by atoms with Crippen molar-refractivity contribution in [2.45, 2.75) is 118 Å². The number of benzene rings is 1. The predicted octanol–water partition coefficient (Wildman–Crippen LogP) is 8.84. The van der Waals surface area contributed by atoms with E-state index < -0.39 is 11.9 Å². The summed E-state index contributed by atoms with van der Waals surface area (Å²) in [6.07, 6.45) is 16.5. The Hall–Kier alpha value is -1.88. The molecule has 6 rings (SSSR count). The van der Waals surface area contributed by atoms with Gasteiger partial charge < -0.3 is 14.2 Å². The summed E-state index contributed by atoms with van der Waals surface area (Å²) in [6.45, 7) is 12.8. The average Bonchev–Trinajstić information content (AvgIpc) is 3.43. The first-order valence-electron chi connectivity index (χ1n) is 16.7. The largest absolute Gasteiger partial charge is 0.468 e. The highest BCUT2D eigenvalue weighted by Crippen LogP contribution is 2.68. The zero-order valence-corrected chi connectivity index (χ0v) is 26.1. The van der Waals surface area contributed by atoms with Crippen LogP contribution in [0.5, 0.6) is 5.75 Å². The van der Waals surface area contributed by atoms with Gasteiger partial charge in [-0.2, -0.15) is 0 Å². The predicted molar refractivity (Wildman–Crippen MR) is 160 cm³/mol. The highest BCUT2D eigenvalue weighted by Gasteiger charge is 2.60. The van der Waals surface area contributed by atoms with E-state index >= 15 is 0 Å². The summed E-state index contributed by atoms with van der Waals surface area (Å²) in [5, 5.41) is 0. The normalized spacial score (nSPS) is 38.6. The molecule has 1 aliphatic heterocycles. The first-order chi connectivity index (χ1) is 19.6. The van der Waals surface area contributed by atoms with E-state index in [0.29, 0.717) is 22.1 Å². The van der Waals surface area contributed by atoms with E-state index in [1.165, 1.54) is 64.2 Å². The SMILES string of the molecule is CC(C)CCCC(C)C1CCC2C3CCC4CC(OCOc5ccc6c(c5)C(=O)OC6=O)CCC4(C)C3CCC12C. The Morgan fingerprint density at radius 3 is 2.44 bits per heavy atom. The van der Waals surface area contributed by atoms with E-state index in [2.05, 4.69) is 39.4 Å². The van der Waals surface area contributed by atoms with Crippen molar-refractivity contribution >= 4 is 11.9 Å². The first-order valence-corrected chi connectivity index (χ1v) is 16.7. The number of cyclic esters (lactones) is 2. The molecule has 0 N–H and O–H groups in total. The van der Waals surface area contributed by atoms with Crippen LogP contribution in [0.3, 0.4) is 0 Å². The minimum Gasteiger partial charge on any atom is -0.468 e. The average molecular weight is 565 g/mol. The van der Waals surface area contributed by atoms with Crippen molar-refractivity contribution in [3.63, 3.8) is 0 Å². The Balaban J connectivity index is 1.03. The number of hydrogen-bond acceptors (Lipinski definition) is 5. The molecule has 0 amide bonds. The fourth-order valence-electron chi connectivity index (χ4n) is 10.7. The van der Waals surface area contributed by atoms with Crippen LogP contribution in [-0.2, 0) is 9.47 Å². The second-order valence-electron chi connectivity index (χ2n) is 15.4. The Morgan fingerprint density at radius 1 is 0.878 bits per heavy atom. The second kappa shape index (κ2) is 11.3. The standard InChI is InChI=1S/C36H52O5/c1-22(2)7-6-8-23(3)30-13-14-31-28-11-9-24-19-26(15-17-35(24,4)32(28)16-18-36(30,31)5)40-21-39-25-10-12-27-29(20-25)34(38)41-33(27)37/h10,12,20,22-24,26,28,30-32H,6-9,11,13-19,21H2,1-5H3. The van der Waals surface area contributed by atoms with Crippen molar-refractivity contribution in [3.05, 3.63) is 29.3 Å². The molecule has 0 spiro atoms. The third kappa shape index (κ3) is 5.27. The zero-order chi connectivity index (χ0) is 28.9. The van der Waals surface area contributed by atoms with Crippen LogP contribution in [0.4, 0.5) is 0 Å². The van der Waals surface area contributed by atoms with Gasteiger partial charge in [0.2, 0.25) is 0 Å². The molecule has 5 heteroatoms. The fourth-order valence-corrected chi connectivity index (χ4v) is 10.7. The summed E-state index contributed by atoms with van der Waals surface area (Å²) in [6, 6.07) is 4.89. The van der Waals surface area contributed by atoms with Crippen LogP contribution in [0.15, 0.2) is 18.2 Å². The number of fused-ring (bicyclic) bond motifs is 6. The highest BCUT2D eigenvalue weighted by atomic mass is 16.7. The second-order valence-corrected chi connectivity index (χ2v) is 15.4. The summed E-state index contributed by atoms with van der Waals surface area (Å²) < 4.78 is 16.8. The molecule has 9 unspecified atom stereocenters. The lowest BCUT2D eigenvalue weighted by Gasteiger charge is -2.61. The van der Waals surface area contributed by atoms with Crippen molar-refractivity contribution in [2.24, 2.45) is 52.3 Å². The van der Waals surface area contributed by atoms with Gasteiger partial charge in [-0.3, -0.25) is 0 Å². The van der Waals surface area contributed by atoms with Crippen LogP contribution < -0.4 is 4.74 Å². The van der Waals surface area contributed by atoms with Crippen LogP contribution in [-0.4, -0.2) is 24.8 Å². The molecule has 41 heavy (non-hydrogen) atoms. The number of rotatable bonds is 9. The topological polar surface area (TPSA) is 61.8 Å². The summed E-state index contributed by atoms with van der Waals surface area (Å²) in [7, 11) is 0. The Bertz CT molecular complexity index is 1140. The van der Waals surface area contributed by atoms with Crippen LogP contribution in [0.25, 0.3) is 0 Å². The summed E-state index contributed by atoms with van der Waals surface area (Å²) in [4.78, 5) is 23.6. The van der Waals surface area contributed by atoms with E-state index in [1.54, 1.807) is 18.2 Å². The number of ether oxygens (including phenoxy) is 3. The van der Waals surface area contributed by atoms with Gasteiger partial charge in [-0.1, -0.05) is 53.9 Å². The van der Waals surface area contributed by atoms with E-state index in [-0.39, 0.29) is 18.5 Å². The number of carbonyl (C=O) groups excluding carboxylic acids is 2. The lowest BCUT2D eigenvalue weighted by atomic mass is 9.44. The maximum Gasteiger partial charge on any atom is 0.347 e. The molecule has 5 aliphatic rings. The number of esters is 2. The fraction of sp³-hybridized carbons (Fsp3) is 0.778. The molecule has 1 aromatic rings. The molecule has 0 radical (unpaired) electrons. The summed E-state index contributed by atoms with van der Waals surface area (Å²) in [5.74, 6) is 5.42. The van der Waals surface area contributed by atoms with Crippen molar-refractivity contribution in [3.8, 4) is 5.75 Å². The molecule has 1 aromatic carbocycles. The molecule has 226 valence electrons. The van der Waals surface area contributed by atoms with Gasteiger partial charge in [0.25, 0.3) is 0 Å². The Kier molecular flexibility index (Phi) is 8.06. The molecule has 1 heterocycles. The van der Waals surface area contributed by atoms with Crippen molar-refractivity contribution in [1.29, 1.82) is 0 Å². The molecule has 0 bridgehead atoms. The maximum atomic E-state index is 11.9. The lowest BCUT2D eigenvalue weighted by molar-refractivity contribution is -0.146. The van der Waals surface area contributed by atoms with Gasteiger partial charge in [-0.05, 0) is 128 Å². The van der Waals surface area contributed by atoms with Gasteiger partial charge in [0.05, 0.1) is 17.2 Å². The zero-order valence-electron chi connectivity index (χ0n) is 26.1. The molecule has 0 saturated heterocycles. The van der Waals surface area contributed by atoms with Crippen LogP contribution >= 0.6 is 0 Å². The van der Waals surface area contributed by atoms with Crippen molar-refractivity contribution in [2.75, 3.05) is 6.79 Å². The van der Waals surface area contributed by atoms with Crippen molar-refractivity contribution < 1.29 is 23.8 Å². The van der Waals surface area contributed by atoms with Gasteiger partial charge in [0.1, 0.15) is 5.75 Å². The Labute approximate surface area is 247 Å². The smallest absolute Gasteiger partial charge is 0.347 e. The van der Waals surface area contributed by atoms with Gasteiger partial charge in [0, 0.05) is 0 Å². The molecule has 4 saturated carbocycles. The summed E-state index contributed by atoms with van der Waals surface area (Å²) >= 11 is 0.